The lowest BCUT2D eigenvalue weighted by Gasteiger charge is -2.04. The van der Waals surface area contributed by atoms with Gasteiger partial charge in [-0.3, -0.25) is 0 Å². The number of hydrogen-bond donors (Lipinski definition) is 2. The molecule has 0 bridgehead atoms. The molecule has 0 fully saturated rings. The molecule has 72 valence electrons. The Hall–Kier alpha value is -0.730. The zero-order chi connectivity index (χ0) is 9.68. The largest absolute Gasteiger partial charge is 0.506 e. The van der Waals surface area contributed by atoms with E-state index in [9.17, 15) is 5.11 Å². The van der Waals surface area contributed by atoms with E-state index in [1.54, 1.807) is 6.07 Å². The van der Waals surface area contributed by atoms with Gasteiger partial charge < -0.3 is 10.8 Å². The van der Waals surface area contributed by atoms with E-state index in [1.807, 2.05) is 12.1 Å². The van der Waals surface area contributed by atoms with Crippen LogP contribution in [0.3, 0.4) is 0 Å². The van der Waals surface area contributed by atoms with Crippen LogP contribution in [0.4, 0.5) is 0 Å². The first-order valence-electron chi connectivity index (χ1n) is 4.42. The van der Waals surface area contributed by atoms with Crippen LogP contribution in [0.25, 0.3) is 0 Å². The van der Waals surface area contributed by atoms with Gasteiger partial charge in [-0.2, -0.15) is 0 Å². The number of phenols is 1. The molecule has 0 saturated heterocycles. The van der Waals surface area contributed by atoms with Gasteiger partial charge in [-0.1, -0.05) is 23.7 Å². The zero-order valence-electron chi connectivity index (χ0n) is 7.46. The maximum atomic E-state index is 9.53. The van der Waals surface area contributed by atoms with Gasteiger partial charge in [-0.25, -0.2) is 0 Å². The van der Waals surface area contributed by atoms with E-state index in [2.05, 4.69) is 0 Å². The predicted octanol–water partition coefficient (Wildman–Crippen LogP) is 2.33. The molecule has 1 aromatic rings. The number of halogens is 1. The van der Waals surface area contributed by atoms with Gasteiger partial charge in [0.1, 0.15) is 5.75 Å². The van der Waals surface area contributed by atoms with Crippen LogP contribution in [0.2, 0.25) is 5.02 Å². The summed E-state index contributed by atoms with van der Waals surface area (Å²) in [7, 11) is 0. The topological polar surface area (TPSA) is 46.2 Å². The number of hydrogen-bond acceptors (Lipinski definition) is 2. The fourth-order valence-corrected chi connectivity index (χ4v) is 1.42. The van der Waals surface area contributed by atoms with Crippen molar-refractivity contribution >= 4 is 11.6 Å². The molecule has 1 rings (SSSR count). The number of unbranched alkanes of at least 4 members (excludes halogenated alkanes) is 1. The Morgan fingerprint density at radius 3 is 2.77 bits per heavy atom. The second-order valence-corrected chi connectivity index (χ2v) is 3.40. The van der Waals surface area contributed by atoms with Crippen molar-refractivity contribution in [3.05, 3.63) is 28.8 Å². The highest BCUT2D eigenvalue weighted by atomic mass is 35.5. The molecule has 0 spiro atoms. The first-order valence-corrected chi connectivity index (χ1v) is 4.80. The maximum Gasteiger partial charge on any atom is 0.137 e. The smallest absolute Gasteiger partial charge is 0.137 e. The van der Waals surface area contributed by atoms with Crippen LogP contribution in [0, 0.1) is 0 Å². The van der Waals surface area contributed by atoms with Crippen molar-refractivity contribution in [2.45, 2.75) is 19.3 Å². The summed E-state index contributed by atoms with van der Waals surface area (Å²) in [6, 6.07) is 5.42. The van der Waals surface area contributed by atoms with E-state index < -0.39 is 0 Å². The van der Waals surface area contributed by atoms with Gasteiger partial charge in [0, 0.05) is 0 Å². The van der Waals surface area contributed by atoms with Gasteiger partial charge in [0.05, 0.1) is 5.02 Å². The van der Waals surface area contributed by atoms with Gasteiger partial charge in [0.25, 0.3) is 0 Å². The monoisotopic (exact) mass is 199 g/mol. The quantitative estimate of drug-likeness (QED) is 0.732. The number of aromatic hydroxyl groups is 1. The molecule has 0 aliphatic carbocycles. The summed E-state index contributed by atoms with van der Waals surface area (Å²) in [6.45, 7) is 0.696. The highest BCUT2D eigenvalue weighted by molar-refractivity contribution is 6.32. The summed E-state index contributed by atoms with van der Waals surface area (Å²) in [4.78, 5) is 0. The van der Waals surface area contributed by atoms with E-state index in [0.717, 1.165) is 24.8 Å². The zero-order valence-corrected chi connectivity index (χ0v) is 8.22. The van der Waals surface area contributed by atoms with Crippen LogP contribution < -0.4 is 5.73 Å². The highest BCUT2D eigenvalue weighted by Crippen LogP contribution is 2.27. The average molecular weight is 200 g/mol. The third-order valence-corrected chi connectivity index (χ3v) is 2.28. The number of para-hydroxylation sites is 1. The predicted molar refractivity (Wildman–Crippen MR) is 55.1 cm³/mol. The van der Waals surface area contributed by atoms with Crippen molar-refractivity contribution in [2.75, 3.05) is 6.54 Å². The van der Waals surface area contributed by atoms with Crippen LogP contribution in [0.5, 0.6) is 5.75 Å². The van der Waals surface area contributed by atoms with Crippen molar-refractivity contribution in [1.82, 2.24) is 0 Å². The fraction of sp³-hybridized carbons (Fsp3) is 0.400. The van der Waals surface area contributed by atoms with Crippen LogP contribution >= 0.6 is 11.6 Å². The second kappa shape index (κ2) is 5.10. The van der Waals surface area contributed by atoms with Crippen LogP contribution in [0.15, 0.2) is 18.2 Å². The minimum atomic E-state index is 0.209. The molecule has 0 unspecified atom stereocenters. The van der Waals surface area contributed by atoms with E-state index in [0.29, 0.717) is 11.6 Å². The Balaban J connectivity index is 2.61. The SMILES string of the molecule is NCCCCc1cccc(Cl)c1O. The Bertz CT molecular complexity index is 276. The summed E-state index contributed by atoms with van der Waals surface area (Å²) >= 11 is 5.75. The second-order valence-electron chi connectivity index (χ2n) is 2.99. The van der Waals surface area contributed by atoms with Crippen molar-refractivity contribution < 1.29 is 5.11 Å². The third-order valence-electron chi connectivity index (χ3n) is 1.97. The molecule has 0 aliphatic rings. The minimum absolute atomic E-state index is 0.209. The first-order chi connectivity index (χ1) is 6.25. The molecule has 0 aromatic heterocycles. The molecule has 2 nitrogen and oxygen atoms in total. The molecule has 0 aliphatic heterocycles. The summed E-state index contributed by atoms with van der Waals surface area (Å²) in [6.07, 6.45) is 2.81. The lowest BCUT2D eigenvalue weighted by Crippen LogP contribution is -1.99. The van der Waals surface area contributed by atoms with Crippen molar-refractivity contribution in [1.29, 1.82) is 0 Å². The molecule has 13 heavy (non-hydrogen) atoms. The summed E-state index contributed by atoms with van der Waals surface area (Å²) in [5, 5.41) is 9.96. The van der Waals surface area contributed by atoms with E-state index >= 15 is 0 Å². The van der Waals surface area contributed by atoms with Gasteiger partial charge in [-0.05, 0) is 37.4 Å². The van der Waals surface area contributed by atoms with E-state index in [1.165, 1.54) is 0 Å². The lowest BCUT2D eigenvalue weighted by atomic mass is 10.1. The summed E-state index contributed by atoms with van der Waals surface area (Å²) < 4.78 is 0. The molecule has 0 radical (unpaired) electrons. The number of nitrogens with two attached hydrogens (primary N) is 1. The number of rotatable bonds is 4. The normalized spacial score (nSPS) is 10.3. The molecule has 0 saturated carbocycles. The van der Waals surface area contributed by atoms with Crippen molar-refractivity contribution in [2.24, 2.45) is 5.73 Å². The van der Waals surface area contributed by atoms with Crippen molar-refractivity contribution in [3.63, 3.8) is 0 Å². The molecule has 0 heterocycles. The average Bonchev–Trinajstić information content (AvgIpc) is 2.13. The first kappa shape index (κ1) is 10.4. The van der Waals surface area contributed by atoms with Crippen molar-refractivity contribution in [3.8, 4) is 5.75 Å². The van der Waals surface area contributed by atoms with Gasteiger partial charge in [-0.15, -0.1) is 0 Å². The Kier molecular flexibility index (Phi) is 4.06. The molecule has 0 amide bonds. The Morgan fingerprint density at radius 2 is 2.08 bits per heavy atom. The standard InChI is InChI=1S/C10H14ClNO/c11-9-6-3-5-8(10(9)13)4-1-2-7-12/h3,5-6,13H,1-2,4,7,12H2. The fourth-order valence-electron chi connectivity index (χ4n) is 1.22. The van der Waals surface area contributed by atoms with E-state index in [-0.39, 0.29) is 5.75 Å². The number of phenolic OH excluding ortho intramolecular Hbond substituents is 1. The highest BCUT2D eigenvalue weighted by Gasteiger charge is 2.03. The molecular weight excluding hydrogens is 186 g/mol. The van der Waals surface area contributed by atoms with Gasteiger partial charge in [0.15, 0.2) is 0 Å². The Morgan fingerprint density at radius 1 is 1.31 bits per heavy atom. The van der Waals surface area contributed by atoms with Gasteiger partial charge >= 0.3 is 0 Å². The summed E-state index contributed by atoms with van der Waals surface area (Å²) in [5.74, 6) is 0.209. The molecule has 3 N–H and O–H groups in total. The number of aryl methyl sites for hydroxylation is 1. The minimum Gasteiger partial charge on any atom is -0.506 e. The van der Waals surface area contributed by atoms with Crippen LogP contribution in [-0.2, 0) is 6.42 Å². The maximum absolute atomic E-state index is 9.53. The molecule has 3 heteroatoms. The molecule has 1 aromatic carbocycles. The van der Waals surface area contributed by atoms with Crippen LogP contribution in [0.1, 0.15) is 18.4 Å². The molecule has 0 atom stereocenters. The lowest BCUT2D eigenvalue weighted by molar-refractivity contribution is 0.467. The Labute approximate surface area is 83.3 Å². The van der Waals surface area contributed by atoms with Crippen LogP contribution in [-0.4, -0.2) is 11.7 Å². The van der Waals surface area contributed by atoms with Gasteiger partial charge in [0.2, 0.25) is 0 Å². The number of benzene rings is 1. The summed E-state index contributed by atoms with van der Waals surface area (Å²) in [5.41, 5.74) is 6.28. The third kappa shape index (κ3) is 2.90. The molecular formula is C10H14ClNO. The van der Waals surface area contributed by atoms with E-state index in [4.69, 9.17) is 17.3 Å².